The Bertz CT molecular complexity index is 1110. The molecule has 0 unspecified atom stereocenters. The van der Waals surface area contributed by atoms with Crippen LogP contribution < -0.4 is 4.90 Å². The monoisotopic (exact) mass is 429 g/mol. The molecule has 158 valence electrons. The van der Waals surface area contributed by atoms with E-state index in [1.807, 2.05) is 11.8 Å². The minimum atomic E-state index is -3.85. The molecule has 6 nitrogen and oxygen atoms in total. The molecule has 1 atom stereocenters. The van der Waals surface area contributed by atoms with Crippen LogP contribution in [0.5, 0.6) is 0 Å². The van der Waals surface area contributed by atoms with Crippen molar-refractivity contribution < 1.29 is 17.6 Å². The summed E-state index contributed by atoms with van der Waals surface area (Å²) in [6.07, 6.45) is 3.56. The van der Waals surface area contributed by atoms with Crippen molar-refractivity contribution in [3.05, 3.63) is 59.4 Å². The molecule has 0 radical (unpaired) electrons. The topological polar surface area (TPSA) is 70.0 Å². The Hall–Kier alpha value is -2.74. The lowest BCUT2D eigenvalue weighted by Gasteiger charge is -2.30. The van der Waals surface area contributed by atoms with E-state index in [2.05, 4.69) is 4.40 Å². The number of carbonyl (C=O) groups is 1. The van der Waals surface area contributed by atoms with Crippen LogP contribution in [-0.4, -0.2) is 38.7 Å². The minimum absolute atomic E-state index is 0.0711. The number of sulfonamides is 1. The van der Waals surface area contributed by atoms with E-state index in [-0.39, 0.29) is 28.2 Å². The zero-order valence-corrected chi connectivity index (χ0v) is 17.8. The minimum Gasteiger partial charge on any atom is -0.335 e. The standard InChI is InChI=1S/C22H24FN3O3S/c1-15(16-7-10-18(23)11-8-16)25(2)22(27)17-9-12-19-20(14-17)30(28,29)24-21-6-4-3-5-13-26(19)21/h7-12,14-15H,3-6,13H2,1-2H3/t15-/m1/s1. The van der Waals surface area contributed by atoms with Gasteiger partial charge in [0.1, 0.15) is 16.5 Å². The van der Waals surface area contributed by atoms with Gasteiger partial charge in [-0.2, -0.15) is 8.42 Å². The summed E-state index contributed by atoms with van der Waals surface area (Å²) in [6, 6.07) is 10.5. The number of halogens is 1. The van der Waals surface area contributed by atoms with Crippen LogP contribution in [0.15, 0.2) is 51.8 Å². The number of anilines is 1. The summed E-state index contributed by atoms with van der Waals surface area (Å²) in [6.45, 7) is 2.56. The molecule has 0 bridgehead atoms. The first-order chi connectivity index (χ1) is 14.3. The predicted octanol–water partition coefficient (Wildman–Crippen LogP) is 4.14. The lowest BCUT2D eigenvalue weighted by molar-refractivity contribution is 0.0742. The average molecular weight is 430 g/mol. The molecule has 0 spiro atoms. The number of amides is 1. The van der Waals surface area contributed by atoms with E-state index in [1.165, 1.54) is 23.1 Å². The highest BCUT2D eigenvalue weighted by molar-refractivity contribution is 7.90. The van der Waals surface area contributed by atoms with E-state index in [0.717, 1.165) is 31.4 Å². The van der Waals surface area contributed by atoms with E-state index in [9.17, 15) is 17.6 Å². The number of fused-ring (bicyclic) bond motifs is 3. The summed E-state index contributed by atoms with van der Waals surface area (Å²) in [4.78, 5) is 16.6. The van der Waals surface area contributed by atoms with Gasteiger partial charge in [-0.1, -0.05) is 18.6 Å². The van der Waals surface area contributed by atoms with Gasteiger partial charge in [0, 0.05) is 25.6 Å². The molecule has 0 saturated carbocycles. The Morgan fingerprint density at radius 3 is 2.60 bits per heavy atom. The molecule has 0 aliphatic carbocycles. The first-order valence-corrected chi connectivity index (χ1v) is 11.5. The van der Waals surface area contributed by atoms with Crippen molar-refractivity contribution in [2.75, 3.05) is 18.5 Å². The highest BCUT2D eigenvalue weighted by atomic mass is 32.2. The van der Waals surface area contributed by atoms with Crippen LogP contribution in [0.25, 0.3) is 0 Å². The van der Waals surface area contributed by atoms with Crippen LogP contribution in [-0.2, 0) is 10.0 Å². The molecule has 8 heteroatoms. The maximum atomic E-state index is 13.2. The van der Waals surface area contributed by atoms with Crippen molar-refractivity contribution in [1.82, 2.24) is 4.90 Å². The summed E-state index contributed by atoms with van der Waals surface area (Å²) in [5.41, 5.74) is 1.66. The molecular weight excluding hydrogens is 405 g/mol. The lowest BCUT2D eigenvalue weighted by Crippen LogP contribution is -2.35. The van der Waals surface area contributed by atoms with Crippen LogP contribution in [0.1, 0.15) is 54.6 Å². The van der Waals surface area contributed by atoms with Gasteiger partial charge in [-0.3, -0.25) is 4.79 Å². The van der Waals surface area contributed by atoms with Gasteiger partial charge in [0.15, 0.2) is 0 Å². The van der Waals surface area contributed by atoms with Crippen molar-refractivity contribution in [2.45, 2.75) is 43.5 Å². The smallest absolute Gasteiger partial charge is 0.286 e. The van der Waals surface area contributed by atoms with Crippen molar-refractivity contribution in [2.24, 2.45) is 4.40 Å². The molecule has 2 heterocycles. The van der Waals surface area contributed by atoms with Gasteiger partial charge in [-0.05, 0) is 55.7 Å². The second kappa shape index (κ2) is 7.83. The van der Waals surface area contributed by atoms with Gasteiger partial charge in [0.2, 0.25) is 0 Å². The Balaban J connectivity index is 1.66. The summed E-state index contributed by atoms with van der Waals surface area (Å²) < 4.78 is 42.8. The van der Waals surface area contributed by atoms with E-state index >= 15 is 0 Å². The van der Waals surface area contributed by atoms with Crippen LogP contribution in [0, 0.1) is 5.82 Å². The molecule has 2 aliphatic rings. The van der Waals surface area contributed by atoms with Crippen LogP contribution in [0.3, 0.4) is 0 Å². The Kier molecular flexibility index (Phi) is 5.36. The maximum absolute atomic E-state index is 13.2. The van der Waals surface area contributed by atoms with Crippen molar-refractivity contribution in [1.29, 1.82) is 0 Å². The quantitative estimate of drug-likeness (QED) is 0.735. The molecule has 1 saturated heterocycles. The molecule has 2 aromatic carbocycles. The van der Waals surface area contributed by atoms with Gasteiger partial charge in [0.25, 0.3) is 15.9 Å². The zero-order chi connectivity index (χ0) is 21.5. The molecule has 30 heavy (non-hydrogen) atoms. The Morgan fingerprint density at radius 1 is 1.13 bits per heavy atom. The Morgan fingerprint density at radius 2 is 1.87 bits per heavy atom. The first kappa shape index (κ1) is 20.5. The number of carbonyl (C=O) groups excluding carboxylic acids is 1. The zero-order valence-electron chi connectivity index (χ0n) is 17.0. The maximum Gasteiger partial charge on any atom is 0.286 e. The number of hydrogen-bond acceptors (Lipinski definition) is 4. The highest BCUT2D eigenvalue weighted by Gasteiger charge is 2.32. The fourth-order valence-electron chi connectivity index (χ4n) is 3.96. The molecule has 1 fully saturated rings. The molecule has 1 amide bonds. The third-order valence-electron chi connectivity index (χ3n) is 5.85. The van der Waals surface area contributed by atoms with Gasteiger partial charge in [0.05, 0.1) is 11.7 Å². The summed E-state index contributed by atoms with van der Waals surface area (Å²) in [7, 11) is -2.21. The second-order valence-corrected chi connectivity index (χ2v) is 9.34. The number of hydrogen-bond donors (Lipinski definition) is 0. The van der Waals surface area contributed by atoms with Gasteiger partial charge in [-0.15, -0.1) is 4.40 Å². The molecule has 2 aromatic rings. The summed E-state index contributed by atoms with van der Waals surface area (Å²) in [5.74, 6) is -0.0649. The Labute approximate surface area is 176 Å². The van der Waals surface area contributed by atoms with Crippen molar-refractivity contribution in [3.8, 4) is 0 Å². The SMILES string of the molecule is C[C@H](c1ccc(F)cc1)N(C)C(=O)c1ccc2c(c1)S(=O)(=O)N=C1CCCCCN12. The normalized spacial score (nSPS) is 18.5. The molecular formula is C22H24FN3O3S. The number of amidine groups is 1. The molecule has 0 aromatic heterocycles. The van der Waals surface area contributed by atoms with Gasteiger partial charge >= 0.3 is 0 Å². The van der Waals surface area contributed by atoms with E-state index in [1.54, 1.807) is 31.3 Å². The number of nitrogens with zero attached hydrogens (tertiary/aromatic N) is 3. The van der Waals surface area contributed by atoms with Crippen LogP contribution >= 0.6 is 0 Å². The van der Waals surface area contributed by atoms with Crippen LogP contribution in [0.2, 0.25) is 0 Å². The number of rotatable bonds is 3. The van der Waals surface area contributed by atoms with Crippen LogP contribution in [0.4, 0.5) is 10.1 Å². The molecule has 0 N–H and O–H groups in total. The van der Waals surface area contributed by atoms with E-state index in [0.29, 0.717) is 17.9 Å². The highest BCUT2D eigenvalue weighted by Crippen LogP contribution is 2.35. The summed E-state index contributed by atoms with van der Waals surface area (Å²) >= 11 is 0. The fraction of sp³-hybridized carbons (Fsp3) is 0.364. The number of benzene rings is 2. The largest absolute Gasteiger partial charge is 0.335 e. The predicted molar refractivity (Wildman–Crippen MR) is 114 cm³/mol. The van der Waals surface area contributed by atoms with Gasteiger partial charge in [-0.25, -0.2) is 4.39 Å². The lowest BCUT2D eigenvalue weighted by atomic mass is 10.1. The average Bonchev–Trinajstić information content (AvgIpc) is 2.97. The third kappa shape index (κ3) is 3.71. The van der Waals surface area contributed by atoms with Gasteiger partial charge < -0.3 is 9.80 Å². The molecule has 4 rings (SSSR count). The van der Waals surface area contributed by atoms with E-state index < -0.39 is 10.0 Å². The van der Waals surface area contributed by atoms with E-state index in [4.69, 9.17) is 0 Å². The third-order valence-corrected chi connectivity index (χ3v) is 7.18. The van der Waals surface area contributed by atoms with Crippen molar-refractivity contribution >= 4 is 27.5 Å². The first-order valence-electron chi connectivity index (χ1n) is 10.1. The second-order valence-electron chi connectivity index (χ2n) is 7.77. The van der Waals surface area contributed by atoms with Crippen molar-refractivity contribution in [3.63, 3.8) is 0 Å². The molecule has 2 aliphatic heterocycles. The fourth-order valence-corrected chi connectivity index (χ4v) is 5.24. The summed E-state index contributed by atoms with van der Waals surface area (Å²) in [5, 5.41) is 0.